The fourth-order valence-corrected chi connectivity index (χ4v) is 2.80. The van der Waals surface area contributed by atoms with Gasteiger partial charge in [-0.3, -0.25) is 0 Å². The number of aromatic nitrogens is 4. The molecule has 3 rings (SSSR count). The number of aliphatic hydroxyl groups is 1. The fraction of sp³-hybridized carbons (Fsp3) is 0.333. The average molecular weight is 352 g/mol. The first-order valence-electron chi connectivity index (χ1n) is 8.82. The zero-order valence-corrected chi connectivity index (χ0v) is 16.3. The van der Waals surface area contributed by atoms with Crippen molar-refractivity contribution in [2.45, 2.75) is 33.3 Å². The van der Waals surface area contributed by atoms with E-state index in [1.807, 2.05) is 7.05 Å². The first kappa shape index (κ1) is 19.7. The molecule has 3 aromatic rings. The van der Waals surface area contributed by atoms with Crippen molar-refractivity contribution in [1.29, 1.82) is 0 Å². The minimum atomic E-state index is -0.352. The quantitative estimate of drug-likeness (QED) is 0.711. The van der Waals surface area contributed by atoms with E-state index in [0.29, 0.717) is 0 Å². The molecule has 0 saturated heterocycles. The van der Waals surface area contributed by atoms with Gasteiger partial charge in [0.1, 0.15) is 0 Å². The molecule has 2 heterocycles. The maximum Gasteiger partial charge on any atom is 0.164 e. The Bertz CT molecular complexity index is 915. The van der Waals surface area contributed by atoms with Crippen LogP contribution in [-0.4, -0.2) is 30.5 Å². The third-order valence-electron chi connectivity index (χ3n) is 4.25. The molecule has 2 aromatic heterocycles. The van der Waals surface area contributed by atoms with Crippen LogP contribution in [0.25, 0.3) is 27.9 Å². The van der Waals surface area contributed by atoms with Crippen LogP contribution in [0.3, 0.4) is 0 Å². The van der Waals surface area contributed by atoms with Gasteiger partial charge in [-0.1, -0.05) is 31.2 Å². The van der Waals surface area contributed by atoms with Gasteiger partial charge >= 0.3 is 0 Å². The Kier molecular flexibility index (Phi) is 6.52. The van der Waals surface area contributed by atoms with Crippen LogP contribution in [0.15, 0.2) is 49.2 Å². The van der Waals surface area contributed by atoms with Crippen molar-refractivity contribution in [3.63, 3.8) is 0 Å². The number of fused-ring (bicyclic) bond motifs is 1. The number of rotatable bonds is 4. The van der Waals surface area contributed by atoms with Gasteiger partial charge in [0, 0.05) is 36.8 Å². The molecular weight excluding hydrogens is 324 g/mol. The summed E-state index contributed by atoms with van der Waals surface area (Å²) in [4.78, 5) is 0. The highest BCUT2D eigenvalue weighted by Crippen LogP contribution is 2.28. The first-order chi connectivity index (χ1) is 12.4. The van der Waals surface area contributed by atoms with Gasteiger partial charge < -0.3 is 14.2 Å². The highest BCUT2D eigenvalue weighted by Gasteiger charge is 2.14. The van der Waals surface area contributed by atoms with Crippen LogP contribution in [0.5, 0.6) is 0 Å². The molecule has 0 aliphatic rings. The van der Waals surface area contributed by atoms with Gasteiger partial charge in [0.2, 0.25) is 0 Å². The Labute approximate surface area is 155 Å². The molecule has 5 heteroatoms. The Balaban J connectivity index is 0.000000431. The lowest BCUT2D eigenvalue weighted by Crippen LogP contribution is -1.98. The summed E-state index contributed by atoms with van der Waals surface area (Å²) in [5, 5.41) is 18.2. The van der Waals surface area contributed by atoms with Gasteiger partial charge in [-0.2, -0.15) is 0 Å². The van der Waals surface area contributed by atoms with Crippen LogP contribution >= 0.6 is 0 Å². The number of nitrogens with zero attached hydrogens (tertiary/aromatic N) is 4. The number of hydrogen-bond donors (Lipinski definition) is 1. The highest BCUT2D eigenvalue weighted by molar-refractivity contribution is 5.94. The van der Waals surface area contributed by atoms with Crippen LogP contribution in [0, 0.1) is 0 Å². The first-order valence-corrected chi connectivity index (χ1v) is 8.82. The normalized spacial score (nSPS) is 12.6. The van der Waals surface area contributed by atoms with Crippen molar-refractivity contribution < 1.29 is 5.11 Å². The molecule has 1 N–H and O–H groups in total. The van der Waals surface area contributed by atoms with E-state index in [9.17, 15) is 0 Å². The van der Waals surface area contributed by atoms with Crippen LogP contribution in [0.1, 0.15) is 33.0 Å². The molecule has 0 fully saturated rings. The minimum Gasteiger partial charge on any atom is -0.389 e. The van der Waals surface area contributed by atoms with Crippen molar-refractivity contribution in [1.82, 2.24) is 19.3 Å². The number of aliphatic hydroxyl groups excluding tert-OH is 1. The Morgan fingerprint density at radius 1 is 1.27 bits per heavy atom. The monoisotopic (exact) mass is 352 g/mol. The van der Waals surface area contributed by atoms with Crippen molar-refractivity contribution in [2.24, 2.45) is 14.1 Å². The second-order valence-corrected chi connectivity index (χ2v) is 6.34. The third-order valence-corrected chi connectivity index (χ3v) is 4.25. The highest BCUT2D eigenvalue weighted by atomic mass is 16.3. The maximum absolute atomic E-state index is 8.24. The van der Waals surface area contributed by atoms with E-state index in [1.54, 1.807) is 6.92 Å². The number of benzene rings is 1. The molecule has 0 aliphatic carbocycles. The molecule has 138 valence electrons. The largest absolute Gasteiger partial charge is 0.389 e. The van der Waals surface area contributed by atoms with Crippen molar-refractivity contribution in [2.75, 3.05) is 0 Å². The molecule has 0 bridgehead atoms. The van der Waals surface area contributed by atoms with Crippen LogP contribution in [0.2, 0.25) is 0 Å². The summed E-state index contributed by atoms with van der Waals surface area (Å²) >= 11 is 0. The van der Waals surface area contributed by atoms with E-state index in [1.165, 1.54) is 22.6 Å². The molecule has 5 nitrogen and oxygen atoms in total. The molecule has 1 atom stereocenters. The van der Waals surface area contributed by atoms with Crippen LogP contribution in [0.4, 0.5) is 0 Å². The van der Waals surface area contributed by atoms with E-state index in [2.05, 4.69) is 83.3 Å². The van der Waals surface area contributed by atoms with Crippen LogP contribution in [-0.2, 0) is 14.1 Å². The molecule has 1 aromatic carbocycles. The molecular formula is C21H28N4O. The Morgan fingerprint density at radius 3 is 2.58 bits per heavy atom. The van der Waals surface area contributed by atoms with Gasteiger partial charge in [-0.15, -0.1) is 16.8 Å². The van der Waals surface area contributed by atoms with E-state index in [-0.39, 0.29) is 6.10 Å². The predicted octanol–water partition coefficient (Wildman–Crippen LogP) is 4.34. The molecule has 0 spiro atoms. The Morgan fingerprint density at radius 2 is 1.96 bits per heavy atom. The van der Waals surface area contributed by atoms with Gasteiger partial charge in [-0.05, 0) is 38.0 Å². The van der Waals surface area contributed by atoms with Gasteiger partial charge in [-0.25, -0.2) is 0 Å². The lowest BCUT2D eigenvalue weighted by atomic mass is 10.1. The summed E-state index contributed by atoms with van der Waals surface area (Å²) < 4.78 is 4.20. The topological polar surface area (TPSA) is 55.9 Å². The van der Waals surface area contributed by atoms with E-state index >= 15 is 0 Å². The average Bonchev–Trinajstić information content (AvgIpc) is 3.19. The smallest absolute Gasteiger partial charge is 0.164 e. The van der Waals surface area contributed by atoms with Gasteiger partial charge in [0.25, 0.3) is 0 Å². The number of aryl methyl sites for hydroxylation is 1. The molecule has 0 aliphatic heterocycles. The van der Waals surface area contributed by atoms with E-state index < -0.39 is 0 Å². The Hall–Kier alpha value is -2.66. The lowest BCUT2D eigenvalue weighted by molar-refractivity contribution is 0.244. The second kappa shape index (κ2) is 8.63. The fourth-order valence-electron chi connectivity index (χ4n) is 2.80. The van der Waals surface area contributed by atoms with Crippen molar-refractivity contribution >= 4 is 16.5 Å². The van der Waals surface area contributed by atoms with E-state index in [0.717, 1.165) is 23.6 Å². The van der Waals surface area contributed by atoms with Crippen molar-refractivity contribution in [3.8, 4) is 11.4 Å². The summed E-state index contributed by atoms with van der Waals surface area (Å²) in [6.07, 6.45) is 6.38. The summed E-state index contributed by atoms with van der Waals surface area (Å²) in [5.74, 6) is 1.84. The minimum absolute atomic E-state index is 0.352. The zero-order valence-electron chi connectivity index (χ0n) is 16.3. The number of hydrogen-bond acceptors (Lipinski definition) is 3. The molecule has 0 saturated carbocycles. The van der Waals surface area contributed by atoms with Crippen molar-refractivity contribution in [3.05, 3.63) is 55.0 Å². The van der Waals surface area contributed by atoms with Crippen LogP contribution < -0.4 is 0 Å². The second-order valence-electron chi connectivity index (χ2n) is 6.34. The number of allylic oxidation sites excluding steroid dienone is 2. The standard InChI is InChI=1S/C17H20N4.C4H8O/c1-5-7-12(2)16-18-19-17(21(16)4)14-8-6-9-15-13(14)10-11-20(15)3;1-3-4(2)5/h6-11H,5H2,1-4H3;3-5H,1H2,2H3/b12-7+;. The third kappa shape index (κ3) is 4.11. The molecule has 0 radical (unpaired) electrons. The summed E-state index contributed by atoms with van der Waals surface area (Å²) in [6.45, 7) is 9.18. The molecule has 26 heavy (non-hydrogen) atoms. The van der Waals surface area contributed by atoms with E-state index in [4.69, 9.17) is 5.11 Å². The summed E-state index contributed by atoms with van der Waals surface area (Å²) in [7, 11) is 4.09. The maximum atomic E-state index is 8.24. The zero-order chi connectivity index (χ0) is 19.3. The molecule has 1 unspecified atom stereocenters. The predicted molar refractivity (Wildman–Crippen MR) is 109 cm³/mol. The molecule has 0 amide bonds. The SMILES string of the molecule is C=CC(C)O.CC/C=C(\C)c1nnc(-c2cccc3c2ccn3C)n1C. The van der Waals surface area contributed by atoms with Gasteiger partial charge in [0.15, 0.2) is 11.6 Å². The summed E-state index contributed by atoms with van der Waals surface area (Å²) in [6, 6.07) is 8.43. The lowest BCUT2D eigenvalue weighted by Gasteiger charge is -2.06. The summed E-state index contributed by atoms with van der Waals surface area (Å²) in [5.41, 5.74) is 3.50. The van der Waals surface area contributed by atoms with Gasteiger partial charge in [0.05, 0.1) is 6.10 Å².